The second kappa shape index (κ2) is 6.26. The van der Waals surface area contributed by atoms with Crippen molar-refractivity contribution in [1.82, 2.24) is 5.32 Å². The van der Waals surface area contributed by atoms with Gasteiger partial charge in [-0.2, -0.15) is 0 Å². The van der Waals surface area contributed by atoms with Gasteiger partial charge in [-0.3, -0.25) is 0 Å². The second-order valence-corrected chi connectivity index (χ2v) is 6.27. The van der Waals surface area contributed by atoms with E-state index >= 15 is 0 Å². The Morgan fingerprint density at radius 2 is 2.00 bits per heavy atom. The van der Waals surface area contributed by atoms with Crippen LogP contribution in [0.25, 0.3) is 0 Å². The molecule has 0 saturated heterocycles. The molecule has 0 saturated carbocycles. The van der Waals surface area contributed by atoms with Gasteiger partial charge >= 0.3 is 0 Å². The number of hydrogen-bond donors (Lipinski definition) is 1. The molecule has 0 bridgehead atoms. The minimum atomic E-state index is 0.194. The molecule has 1 heterocycles. The topological polar surface area (TPSA) is 30.5 Å². The summed E-state index contributed by atoms with van der Waals surface area (Å²) in [5.74, 6) is 1.62. The third kappa shape index (κ3) is 3.34. The summed E-state index contributed by atoms with van der Waals surface area (Å²) in [7, 11) is 0. The molecule has 5 heteroatoms. The fraction of sp³-hybridized carbons (Fsp3) is 0.250. The van der Waals surface area contributed by atoms with Crippen molar-refractivity contribution in [1.29, 1.82) is 0 Å². The average molecular weight is 369 g/mol. The highest BCUT2D eigenvalue weighted by Crippen LogP contribution is 2.34. The van der Waals surface area contributed by atoms with E-state index in [2.05, 4.69) is 28.2 Å². The molecule has 1 aliphatic rings. The SMILES string of the molecule is CC(NCc1ccc(Br)cc1Cl)c1ccc2c(c1)OCO2. The van der Waals surface area contributed by atoms with Gasteiger partial charge in [0.15, 0.2) is 11.5 Å². The Morgan fingerprint density at radius 3 is 2.81 bits per heavy atom. The average Bonchev–Trinajstić information content (AvgIpc) is 2.93. The molecule has 0 aliphatic carbocycles. The van der Waals surface area contributed by atoms with Crippen LogP contribution in [0.1, 0.15) is 24.1 Å². The Hall–Kier alpha value is -1.23. The van der Waals surface area contributed by atoms with Crippen LogP contribution in [0.3, 0.4) is 0 Å². The fourth-order valence-corrected chi connectivity index (χ4v) is 2.97. The van der Waals surface area contributed by atoms with Gasteiger partial charge in [0.1, 0.15) is 0 Å². The van der Waals surface area contributed by atoms with Crippen molar-refractivity contribution in [3.63, 3.8) is 0 Å². The van der Waals surface area contributed by atoms with Crippen LogP contribution in [0.5, 0.6) is 11.5 Å². The number of rotatable bonds is 4. The van der Waals surface area contributed by atoms with Crippen LogP contribution in [-0.4, -0.2) is 6.79 Å². The molecule has 1 N–H and O–H groups in total. The van der Waals surface area contributed by atoms with Gasteiger partial charge < -0.3 is 14.8 Å². The molecule has 0 spiro atoms. The zero-order chi connectivity index (χ0) is 14.8. The lowest BCUT2D eigenvalue weighted by molar-refractivity contribution is 0.174. The van der Waals surface area contributed by atoms with Gasteiger partial charge in [0.05, 0.1) is 0 Å². The Balaban J connectivity index is 1.67. The maximum Gasteiger partial charge on any atom is 0.231 e. The lowest BCUT2D eigenvalue weighted by atomic mass is 10.1. The van der Waals surface area contributed by atoms with Crippen LogP contribution < -0.4 is 14.8 Å². The predicted molar refractivity (Wildman–Crippen MR) is 87.0 cm³/mol. The molecular formula is C16H15BrClNO2. The van der Waals surface area contributed by atoms with Crippen LogP contribution >= 0.6 is 27.5 Å². The Morgan fingerprint density at radius 1 is 1.19 bits per heavy atom. The zero-order valence-electron chi connectivity index (χ0n) is 11.5. The Bertz CT molecular complexity index is 663. The van der Waals surface area contributed by atoms with Gasteiger partial charge in [-0.25, -0.2) is 0 Å². The first-order valence-electron chi connectivity index (χ1n) is 6.70. The monoisotopic (exact) mass is 367 g/mol. The standard InChI is InChI=1S/C16H15BrClNO2/c1-10(11-3-5-15-16(6-11)21-9-20-15)19-8-12-2-4-13(17)7-14(12)18/h2-7,10,19H,8-9H2,1H3. The van der Waals surface area contributed by atoms with Gasteiger partial charge in [0.25, 0.3) is 0 Å². The molecule has 0 radical (unpaired) electrons. The van der Waals surface area contributed by atoms with Crippen LogP contribution in [-0.2, 0) is 6.54 Å². The van der Waals surface area contributed by atoms with Crippen molar-refractivity contribution in [3.05, 3.63) is 57.0 Å². The summed E-state index contributed by atoms with van der Waals surface area (Å²) in [6.45, 7) is 3.13. The van der Waals surface area contributed by atoms with Crippen molar-refractivity contribution >= 4 is 27.5 Å². The van der Waals surface area contributed by atoms with Gasteiger partial charge in [0.2, 0.25) is 6.79 Å². The molecule has 0 amide bonds. The van der Waals surface area contributed by atoms with Gasteiger partial charge in [0, 0.05) is 22.1 Å². The first kappa shape index (κ1) is 14.7. The summed E-state index contributed by atoms with van der Waals surface area (Å²) in [5, 5.41) is 4.23. The highest BCUT2D eigenvalue weighted by atomic mass is 79.9. The number of hydrogen-bond acceptors (Lipinski definition) is 3. The van der Waals surface area contributed by atoms with E-state index < -0.39 is 0 Å². The van der Waals surface area contributed by atoms with Crippen LogP contribution in [0.2, 0.25) is 5.02 Å². The van der Waals surface area contributed by atoms with Gasteiger partial charge in [-0.05, 0) is 42.3 Å². The van der Waals surface area contributed by atoms with E-state index in [1.807, 2.05) is 36.4 Å². The van der Waals surface area contributed by atoms with Crippen LogP contribution in [0, 0.1) is 0 Å². The number of fused-ring (bicyclic) bond motifs is 1. The first-order valence-corrected chi connectivity index (χ1v) is 7.87. The van der Waals surface area contributed by atoms with Crippen molar-refractivity contribution in [2.45, 2.75) is 19.5 Å². The van der Waals surface area contributed by atoms with E-state index in [4.69, 9.17) is 21.1 Å². The molecule has 0 fully saturated rings. The summed E-state index contributed by atoms with van der Waals surface area (Å²) < 4.78 is 11.7. The van der Waals surface area contributed by atoms with Crippen LogP contribution in [0.4, 0.5) is 0 Å². The third-order valence-corrected chi connectivity index (χ3v) is 4.36. The predicted octanol–water partition coefficient (Wildman–Crippen LogP) is 4.68. The van der Waals surface area contributed by atoms with E-state index in [1.165, 1.54) is 0 Å². The van der Waals surface area contributed by atoms with Gasteiger partial charge in [-0.1, -0.05) is 39.7 Å². The maximum absolute atomic E-state index is 6.23. The van der Waals surface area contributed by atoms with Crippen molar-refractivity contribution in [2.75, 3.05) is 6.79 Å². The molecule has 110 valence electrons. The molecule has 3 rings (SSSR count). The molecular weight excluding hydrogens is 354 g/mol. The normalized spacial score (nSPS) is 14.2. The summed E-state index contributed by atoms with van der Waals surface area (Å²) in [6, 6.07) is 12.1. The molecule has 2 aromatic rings. The summed E-state index contributed by atoms with van der Waals surface area (Å²) >= 11 is 9.64. The molecule has 1 unspecified atom stereocenters. The van der Waals surface area contributed by atoms with E-state index in [1.54, 1.807) is 0 Å². The molecule has 0 aromatic heterocycles. The van der Waals surface area contributed by atoms with E-state index in [-0.39, 0.29) is 6.04 Å². The van der Waals surface area contributed by atoms with E-state index in [0.717, 1.165) is 32.1 Å². The van der Waals surface area contributed by atoms with Crippen molar-refractivity contribution < 1.29 is 9.47 Å². The molecule has 1 aliphatic heterocycles. The summed E-state index contributed by atoms with van der Waals surface area (Å²) in [4.78, 5) is 0. The lowest BCUT2D eigenvalue weighted by Crippen LogP contribution is -2.18. The van der Waals surface area contributed by atoms with Crippen molar-refractivity contribution in [2.24, 2.45) is 0 Å². The summed E-state index contributed by atoms with van der Waals surface area (Å²) in [5.41, 5.74) is 2.24. The number of nitrogens with one attached hydrogen (secondary N) is 1. The van der Waals surface area contributed by atoms with E-state index in [9.17, 15) is 0 Å². The number of ether oxygens (including phenoxy) is 2. The fourth-order valence-electron chi connectivity index (χ4n) is 2.23. The Labute approximate surface area is 137 Å². The summed E-state index contributed by atoms with van der Waals surface area (Å²) in [6.07, 6.45) is 0. The minimum absolute atomic E-state index is 0.194. The first-order chi connectivity index (χ1) is 10.1. The zero-order valence-corrected chi connectivity index (χ0v) is 13.9. The number of halogens is 2. The molecule has 2 aromatic carbocycles. The molecule has 21 heavy (non-hydrogen) atoms. The van der Waals surface area contributed by atoms with Gasteiger partial charge in [-0.15, -0.1) is 0 Å². The Kier molecular flexibility index (Phi) is 4.38. The smallest absolute Gasteiger partial charge is 0.231 e. The van der Waals surface area contributed by atoms with Crippen molar-refractivity contribution in [3.8, 4) is 11.5 Å². The van der Waals surface area contributed by atoms with Crippen LogP contribution in [0.15, 0.2) is 40.9 Å². The highest BCUT2D eigenvalue weighted by molar-refractivity contribution is 9.10. The quantitative estimate of drug-likeness (QED) is 0.850. The largest absolute Gasteiger partial charge is 0.454 e. The molecule has 1 atom stereocenters. The minimum Gasteiger partial charge on any atom is -0.454 e. The highest BCUT2D eigenvalue weighted by Gasteiger charge is 2.15. The molecule has 3 nitrogen and oxygen atoms in total. The van der Waals surface area contributed by atoms with E-state index in [0.29, 0.717) is 13.3 Å². The number of benzene rings is 2. The lowest BCUT2D eigenvalue weighted by Gasteiger charge is -2.15. The maximum atomic E-state index is 6.23. The second-order valence-electron chi connectivity index (χ2n) is 4.95. The third-order valence-electron chi connectivity index (χ3n) is 3.51.